The fourth-order valence-corrected chi connectivity index (χ4v) is 2.33. The summed E-state index contributed by atoms with van der Waals surface area (Å²) in [6.45, 7) is 3.52. The van der Waals surface area contributed by atoms with E-state index in [1.165, 1.54) is 12.1 Å². The number of carbonyl (C=O) groups excluding carboxylic acids is 1. The summed E-state index contributed by atoms with van der Waals surface area (Å²) in [5, 5.41) is 0. The predicted octanol–water partition coefficient (Wildman–Crippen LogP) is 4.80. The zero-order valence-electron chi connectivity index (χ0n) is 11.1. The Hall–Kier alpha value is -2.10. The number of carbonyl (C=O) groups is 1. The Balaban J connectivity index is 2.80. The average Bonchev–Trinajstić information content (AvgIpc) is 2.37. The van der Waals surface area contributed by atoms with Crippen LogP contribution < -0.4 is 0 Å². The molecule has 0 aliphatic carbocycles. The first-order valence-corrected chi connectivity index (χ1v) is 6.07. The average molecular weight is 278 g/mol. The van der Waals surface area contributed by atoms with Crippen LogP contribution in [-0.4, -0.2) is 6.29 Å². The molecular weight excluding hydrogens is 265 g/mol. The van der Waals surface area contributed by atoms with Gasteiger partial charge in [0.2, 0.25) is 0 Å². The Kier molecular flexibility index (Phi) is 3.66. The predicted molar refractivity (Wildman–Crippen MR) is 71.7 cm³/mol. The third kappa shape index (κ3) is 2.59. The van der Waals surface area contributed by atoms with Crippen molar-refractivity contribution in [1.82, 2.24) is 0 Å². The van der Waals surface area contributed by atoms with Gasteiger partial charge in [-0.2, -0.15) is 13.2 Å². The number of halogens is 3. The lowest BCUT2D eigenvalue weighted by atomic mass is 9.91. The highest BCUT2D eigenvalue weighted by atomic mass is 19.4. The lowest BCUT2D eigenvalue weighted by molar-refractivity contribution is -0.137. The van der Waals surface area contributed by atoms with Crippen molar-refractivity contribution in [2.24, 2.45) is 0 Å². The van der Waals surface area contributed by atoms with E-state index in [0.29, 0.717) is 11.8 Å². The maximum Gasteiger partial charge on any atom is 0.417 e. The highest BCUT2D eigenvalue weighted by Crippen LogP contribution is 2.39. The Bertz CT molecular complexity index is 637. The molecule has 0 aliphatic rings. The molecule has 0 N–H and O–H groups in total. The molecule has 0 fully saturated rings. The van der Waals surface area contributed by atoms with Gasteiger partial charge in [0.15, 0.2) is 0 Å². The Morgan fingerprint density at radius 1 is 1.00 bits per heavy atom. The van der Waals surface area contributed by atoms with Crippen molar-refractivity contribution in [2.45, 2.75) is 20.0 Å². The third-order valence-electron chi connectivity index (χ3n) is 3.24. The van der Waals surface area contributed by atoms with Crippen LogP contribution in [0.3, 0.4) is 0 Å². The van der Waals surface area contributed by atoms with Crippen molar-refractivity contribution < 1.29 is 18.0 Å². The van der Waals surface area contributed by atoms with Crippen LogP contribution in [0.4, 0.5) is 13.2 Å². The fraction of sp³-hybridized carbons (Fsp3) is 0.188. The van der Waals surface area contributed by atoms with Gasteiger partial charge in [0.1, 0.15) is 6.29 Å². The van der Waals surface area contributed by atoms with Crippen LogP contribution >= 0.6 is 0 Å². The van der Waals surface area contributed by atoms with Crippen molar-refractivity contribution >= 4 is 6.29 Å². The first-order valence-electron chi connectivity index (χ1n) is 6.07. The number of aldehydes is 1. The van der Waals surface area contributed by atoms with Gasteiger partial charge in [0, 0.05) is 5.56 Å². The van der Waals surface area contributed by atoms with Crippen molar-refractivity contribution in [3.63, 3.8) is 0 Å². The molecule has 2 rings (SSSR count). The van der Waals surface area contributed by atoms with E-state index in [2.05, 4.69) is 0 Å². The number of aryl methyl sites for hydroxylation is 2. The quantitative estimate of drug-likeness (QED) is 0.721. The standard InChI is InChI=1S/C16H13F3O/c1-10-4-3-5-11(2)15(10)13-8-12(9-20)6-7-14(13)16(17,18)19/h3-9H,1-2H3. The number of hydrogen-bond donors (Lipinski definition) is 0. The number of hydrogen-bond acceptors (Lipinski definition) is 1. The van der Waals surface area contributed by atoms with Gasteiger partial charge in [-0.05, 0) is 48.2 Å². The normalized spacial score (nSPS) is 11.4. The molecule has 0 saturated carbocycles. The minimum Gasteiger partial charge on any atom is -0.298 e. The summed E-state index contributed by atoms with van der Waals surface area (Å²) in [7, 11) is 0. The molecule has 0 radical (unpaired) electrons. The molecule has 0 saturated heterocycles. The highest BCUT2D eigenvalue weighted by Gasteiger charge is 2.34. The van der Waals surface area contributed by atoms with Gasteiger partial charge in [-0.1, -0.05) is 24.3 Å². The molecule has 2 aromatic rings. The molecule has 2 aromatic carbocycles. The molecule has 0 spiro atoms. The van der Waals surface area contributed by atoms with Gasteiger partial charge in [0.05, 0.1) is 5.56 Å². The van der Waals surface area contributed by atoms with E-state index in [-0.39, 0.29) is 11.1 Å². The van der Waals surface area contributed by atoms with Crippen LogP contribution in [0.15, 0.2) is 36.4 Å². The summed E-state index contributed by atoms with van der Waals surface area (Å²) < 4.78 is 39.4. The maximum absolute atomic E-state index is 13.1. The molecule has 4 heteroatoms. The van der Waals surface area contributed by atoms with E-state index in [4.69, 9.17) is 0 Å². The monoisotopic (exact) mass is 278 g/mol. The molecule has 0 atom stereocenters. The smallest absolute Gasteiger partial charge is 0.298 e. The van der Waals surface area contributed by atoms with Crippen LogP contribution in [0.2, 0.25) is 0 Å². The van der Waals surface area contributed by atoms with Gasteiger partial charge < -0.3 is 0 Å². The Labute approximate surface area is 115 Å². The van der Waals surface area contributed by atoms with Crippen LogP contribution in [0.5, 0.6) is 0 Å². The first-order chi connectivity index (χ1) is 9.34. The molecule has 0 aliphatic heterocycles. The molecule has 20 heavy (non-hydrogen) atoms. The molecule has 0 heterocycles. The van der Waals surface area contributed by atoms with Gasteiger partial charge in [-0.3, -0.25) is 4.79 Å². The summed E-state index contributed by atoms with van der Waals surface area (Å²) in [5.74, 6) is 0. The number of benzene rings is 2. The van der Waals surface area contributed by atoms with Crippen molar-refractivity contribution in [3.05, 3.63) is 58.7 Å². The SMILES string of the molecule is Cc1cccc(C)c1-c1cc(C=O)ccc1C(F)(F)F. The second-order valence-corrected chi connectivity index (χ2v) is 4.69. The Morgan fingerprint density at radius 3 is 2.10 bits per heavy atom. The van der Waals surface area contributed by atoms with Crippen molar-refractivity contribution in [3.8, 4) is 11.1 Å². The van der Waals surface area contributed by atoms with Gasteiger partial charge in [0.25, 0.3) is 0 Å². The van der Waals surface area contributed by atoms with E-state index in [0.717, 1.165) is 17.2 Å². The highest BCUT2D eigenvalue weighted by molar-refractivity contribution is 5.82. The molecule has 1 nitrogen and oxygen atoms in total. The van der Waals surface area contributed by atoms with E-state index in [9.17, 15) is 18.0 Å². The number of alkyl halides is 3. The molecule has 0 amide bonds. The zero-order valence-corrected chi connectivity index (χ0v) is 11.1. The van der Waals surface area contributed by atoms with Gasteiger partial charge in [-0.25, -0.2) is 0 Å². The molecule has 0 unspecified atom stereocenters. The second kappa shape index (κ2) is 5.12. The largest absolute Gasteiger partial charge is 0.417 e. The van der Waals surface area contributed by atoms with Gasteiger partial charge >= 0.3 is 6.18 Å². The van der Waals surface area contributed by atoms with Gasteiger partial charge in [-0.15, -0.1) is 0 Å². The van der Waals surface area contributed by atoms with Crippen molar-refractivity contribution in [1.29, 1.82) is 0 Å². The molecular formula is C16H13F3O. The van der Waals surface area contributed by atoms with E-state index >= 15 is 0 Å². The summed E-state index contributed by atoms with van der Waals surface area (Å²) in [4.78, 5) is 10.8. The lowest BCUT2D eigenvalue weighted by Gasteiger charge is -2.17. The minimum absolute atomic E-state index is 0.0534. The van der Waals surface area contributed by atoms with Crippen LogP contribution in [0.1, 0.15) is 27.0 Å². The lowest BCUT2D eigenvalue weighted by Crippen LogP contribution is -2.08. The minimum atomic E-state index is -4.45. The van der Waals surface area contributed by atoms with E-state index in [1.54, 1.807) is 32.0 Å². The van der Waals surface area contributed by atoms with Crippen LogP contribution in [0, 0.1) is 13.8 Å². The third-order valence-corrected chi connectivity index (χ3v) is 3.24. The van der Waals surface area contributed by atoms with E-state index < -0.39 is 11.7 Å². The molecule has 0 aromatic heterocycles. The zero-order chi connectivity index (χ0) is 14.9. The van der Waals surface area contributed by atoms with E-state index in [1.807, 2.05) is 0 Å². The summed E-state index contributed by atoms with van der Waals surface area (Å²) in [6, 6.07) is 8.76. The maximum atomic E-state index is 13.1. The van der Waals surface area contributed by atoms with Crippen LogP contribution in [-0.2, 0) is 6.18 Å². The first kappa shape index (κ1) is 14.3. The molecule has 104 valence electrons. The topological polar surface area (TPSA) is 17.1 Å². The fourth-order valence-electron chi connectivity index (χ4n) is 2.33. The summed E-state index contributed by atoms with van der Waals surface area (Å²) in [5.41, 5.74) is 1.59. The summed E-state index contributed by atoms with van der Waals surface area (Å²) >= 11 is 0. The Morgan fingerprint density at radius 2 is 1.60 bits per heavy atom. The van der Waals surface area contributed by atoms with Crippen molar-refractivity contribution in [2.75, 3.05) is 0 Å². The number of rotatable bonds is 2. The second-order valence-electron chi connectivity index (χ2n) is 4.69. The summed E-state index contributed by atoms with van der Waals surface area (Å²) in [6.07, 6.45) is -3.90. The molecule has 0 bridgehead atoms. The van der Waals surface area contributed by atoms with Crippen LogP contribution in [0.25, 0.3) is 11.1 Å².